The van der Waals surface area contributed by atoms with Crippen LogP contribution in [0.25, 0.3) is 0 Å². The fourth-order valence-corrected chi connectivity index (χ4v) is 3.33. The predicted octanol–water partition coefficient (Wildman–Crippen LogP) is 1.79. The van der Waals surface area contributed by atoms with Crippen molar-refractivity contribution in [3.63, 3.8) is 0 Å². The van der Waals surface area contributed by atoms with Gasteiger partial charge in [-0.25, -0.2) is 0 Å². The summed E-state index contributed by atoms with van der Waals surface area (Å²) in [5.74, 6) is 0.391. The quantitative estimate of drug-likeness (QED) is 0.832. The second-order valence-corrected chi connectivity index (χ2v) is 6.26. The lowest BCUT2D eigenvalue weighted by atomic mass is 9.91. The molecule has 0 saturated carbocycles. The molecule has 2 heterocycles. The van der Waals surface area contributed by atoms with Crippen molar-refractivity contribution in [1.82, 2.24) is 15.5 Å². The van der Waals surface area contributed by atoms with Crippen LogP contribution in [0, 0.1) is 5.92 Å². The van der Waals surface area contributed by atoms with E-state index in [-0.39, 0.29) is 30.3 Å². The second-order valence-electron chi connectivity index (χ2n) is 6.26. The van der Waals surface area contributed by atoms with E-state index in [2.05, 4.69) is 29.4 Å². The van der Waals surface area contributed by atoms with E-state index in [9.17, 15) is 4.79 Å². The van der Waals surface area contributed by atoms with E-state index in [1.807, 2.05) is 0 Å². The maximum absolute atomic E-state index is 12.3. The zero-order valence-electron chi connectivity index (χ0n) is 12.9. The molecule has 5 heteroatoms. The van der Waals surface area contributed by atoms with Crippen LogP contribution in [-0.4, -0.2) is 49.1 Å². The molecule has 3 atom stereocenters. The zero-order chi connectivity index (χ0) is 13.7. The van der Waals surface area contributed by atoms with Gasteiger partial charge in [0.15, 0.2) is 0 Å². The van der Waals surface area contributed by atoms with Crippen molar-refractivity contribution >= 4 is 18.3 Å². The molecule has 3 unspecified atom stereocenters. The van der Waals surface area contributed by atoms with Gasteiger partial charge >= 0.3 is 0 Å². The molecule has 2 fully saturated rings. The summed E-state index contributed by atoms with van der Waals surface area (Å²) in [6.45, 7) is 8.70. The lowest BCUT2D eigenvalue weighted by Crippen LogP contribution is -2.51. The number of nitrogens with one attached hydrogen (secondary N) is 2. The highest BCUT2D eigenvalue weighted by molar-refractivity contribution is 5.85. The van der Waals surface area contributed by atoms with Crippen molar-refractivity contribution < 1.29 is 4.79 Å². The largest absolute Gasteiger partial charge is 0.352 e. The Bertz CT molecular complexity index is 295. The number of carbonyl (C=O) groups excluding carboxylic acids is 1. The lowest BCUT2D eigenvalue weighted by molar-refractivity contribution is -0.127. The molecule has 2 N–H and O–H groups in total. The van der Waals surface area contributed by atoms with E-state index in [0.717, 1.165) is 25.9 Å². The molecule has 0 aromatic rings. The summed E-state index contributed by atoms with van der Waals surface area (Å²) in [5.41, 5.74) is 0. The number of halogens is 1. The van der Waals surface area contributed by atoms with Crippen molar-refractivity contribution in [2.75, 3.05) is 26.2 Å². The monoisotopic (exact) mass is 303 g/mol. The molecule has 118 valence electrons. The molecule has 0 aromatic heterocycles. The van der Waals surface area contributed by atoms with Crippen LogP contribution in [0.15, 0.2) is 0 Å². The molecule has 0 aromatic carbocycles. The van der Waals surface area contributed by atoms with E-state index in [1.165, 1.54) is 32.4 Å². The van der Waals surface area contributed by atoms with E-state index in [0.29, 0.717) is 6.04 Å². The van der Waals surface area contributed by atoms with Gasteiger partial charge in [0.2, 0.25) is 5.91 Å². The maximum atomic E-state index is 12.3. The first-order chi connectivity index (χ1) is 9.16. The molecule has 2 saturated heterocycles. The highest BCUT2D eigenvalue weighted by Crippen LogP contribution is 2.16. The Labute approximate surface area is 129 Å². The number of nitrogens with zero attached hydrogens (tertiary/aromatic N) is 1. The Morgan fingerprint density at radius 3 is 2.65 bits per heavy atom. The molecule has 4 nitrogen and oxygen atoms in total. The normalized spacial score (nSPS) is 29.3. The molecule has 20 heavy (non-hydrogen) atoms. The van der Waals surface area contributed by atoms with Gasteiger partial charge in [-0.05, 0) is 59.2 Å². The third-order valence-electron chi connectivity index (χ3n) is 4.47. The Balaban J connectivity index is 0.00000200. The number of hydrogen-bond donors (Lipinski definition) is 2. The minimum Gasteiger partial charge on any atom is -0.352 e. The van der Waals surface area contributed by atoms with Gasteiger partial charge in [0.05, 0.1) is 5.92 Å². The van der Waals surface area contributed by atoms with Crippen molar-refractivity contribution in [1.29, 1.82) is 0 Å². The zero-order valence-corrected chi connectivity index (χ0v) is 13.7. The van der Waals surface area contributed by atoms with Crippen molar-refractivity contribution in [3.8, 4) is 0 Å². The minimum atomic E-state index is 0. The van der Waals surface area contributed by atoms with Gasteiger partial charge in [0, 0.05) is 18.6 Å². The standard InChI is InChI=1S/C15H29N3O.ClH/c1-12(11-18-9-4-3-5-10-18)17-15(19)14-7-6-8-16-13(14)2;/h12-14,16H,3-11H2,1-2H3,(H,17,19);1H. The van der Waals surface area contributed by atoms with E-state index in [1.54, 1.807) is 0 Å². The molecular formula is C15H30ClN3O. The first-order valence-electron chi connectivity index (χ1n) is 7.93. The van der Waals surface area contributed by atoms with Crippen molar-refractivity contribution in [2.24, 2.45) is 5.92 Å². The van der Waals surface area contributed by atoms with Crippen LogP contribution >= 0.6 is 12.4 Å². The van der Waals surface area contributed by atoms with E-state index in [4.69, 9.17) is 0 Å². The Hall–Kier alpha value is -0.320. The topological polar surface area (TPSA) is 44.4 Å². The molecule has 2 aliphatic heterocycles. The fraction of sp³-hybridized carbons (Fsp3) is 0.933. The number of hydrogen-bond acceptors (Lipinski definition) is 3. The maximum Gasteiger partial charge on any atom is 0.224 e. The highest BCUT2D eigenvalue weighted by atomic mass is 35.5. The summed E-state index contributed by atoms with van der Waals surface area (Å²) in [4.78, 5) is 14.8. The van der Waals surface area contributed by atoms with Crippen LogP contribution in [0.3, 0.4) is 0 Å². The van der Waals surface area contributed by atoms with Crippen LogP contribution in [-0.2, 0) is 4.79 Å². The molecule has 0 aliphatic carbocycles. The summed E-state index contributed by atoms with van der Waals surface area (Å²) >= 11 is 0. The predicted molar refractivity (Wildman–Crippen MR) is 85.3 cm³/mol. The second kappa shape index (κ2) is 8.85. The first kappa shape index (κ1) is 17.7. The smallest absolute Gasteiger partial charge is 0.224 e. The minimum absolute atomic E-state index is 0. The van der Waals surface area contributed by atoms with Crippen LogP contribution in [0.4, 0.5) is 0 Å². The number of carbonyl (C=O) groups is 1. The summed E-state index contributed by atoms with van der Waals surface area (Å²) in [7, 11) is 0. The summed E-state index contributed by atoms with van der Waals surface area (Å²) in [6, 6.07) is 0.579. The first-order valence-corrected chi connectivity index (χ1v) is 7.93. The molecule has 0 radical (unpaired) electrons. The van der Waals surface area contributed by atoms with E-state index >= 15 is 0 Å². The van der Waals surface area contributed by atoms with Gasteiger partial charge in [0.25, 0.3) is 0 Å². The molecular weight excluding hydrogens is 274 g/mol. The number of rotatable bonds is 4. The molecule has 2 rings (SSSR count). The van der Waals surface area contributed by atoms with Crippen LogP contribution < -0.4 is 10.6 Å². The SMILES string of the molecule is CC(CN1CCCCC1)NC(=O)C1CCCNC1C.Cl. The van der Waals surface area contributed by atoms with Crippen LogP contribution in [0.2, 0.25) is 0 Å². The third-order valence-corrected chi connectivity index (χ3v) is 4.47. The third kappa shape index (κ3) is 5.23. The van der Waals surface area contributed by atoms with Gasteiger partial charge in [-0.15, -0.1) is 12.4 Å². The molecule has 2 aliphatic rings. The fourth-order valence-electron chi connectivity index (χ4n) is 3.33. The number of amides is 1. The van der Waals surface area contributed by atoms with Gasteiger partial charge in [-0.1, -0.05) is 6.42 Å². The average molecular weight is 304 g/mol. The van der Waals surface area contributed by atoms with Crippen LogP contribution in [0.1, 0.15) is 46.0 Å². The van der Waals surface area contributed by atoms with Gasteiger partial charge < -0.3 is 15.5 Å². The van der Waals surface area contributed by atoms with E-state index < -0.39 is 0 Å². The Kier molecular flexibility index (Phi) is 7.85. The van der Waals surface area contributed by atoms with Crippen molar-refractivity contribution in [2.45, 2.75) is 58.0 Å². The Morgan fingerprint density at radius 1 is 1.30 bits per heavy atom. The summed E-state index contributed by atoms with van der Waals surface area (Å²) < 4.78 is 0. The van der Waals surface area contributed by atoms with Crippen LogP contribution in [0.5, 0.6) is 0 Å². The summed E-state index contributed by atoms with van der Waals surface area (Å²) in [6.07, 6.45) is 6.12. The molecule has 0 bridgehead atoms. The molecule has 0 spiro atoms. The summed E-state index contributed by atoms with van der Waals surface area (Å²) in [5, 5.41) is 6.60. The number of piperidine rings is 2. The van der Waals surface area contributed by atoms with Gasteiger partial charge in [0.1, 0.15) is 0 Å². The average Bonchev–Trinajstić information content (AvgIpc) is 2.40. The Morgan fingerprint density at radius 2 is 2.00 bits per heavy atom. The van der Waals surface area contributed by atoms with Crippen molar-refractivity contribution in [3.05, 3.63) is 0 Å². The van der Waals surface area contributed by atoms with Gasteiger partial charge in [-0.3, -0.25) is 4.79 Å². The number of likely N-dealkylation sites (tertiary alicyclic amines) is 1. The highest BCUT2D eigenvalue weighted by Gasteiger charge is 2.28. The van der Waals surface area contributed by atoms with Gasteiger partial charge in [-0.2, -0.15) is 0 Å². The molecule has 1 amide bonds. The lowest BCUT2D eigenvalue weighted by Gasteiger charge is -2.32.